The number of nitro benzene ring substituents is 1. The highest BCUT2D eigenvalue weighted by atomic mass is 19.1. The van der Waals surface area contributed by atoms with Gasteiger partial charge in [-0.05, 0) is 27.7 Å². The number of hydrogen-bond acceptors (Lipinski definition) is 4. The third kappa shape index (κ3) is 4.11. The molecule has 0 unspecified atom stereocenters. The molecule has 0 N–H and O–H groups in total. The van der Waals surface area contributed by atoms with Gasteiger partial charge in [0.2, 0.25) is 5.82 Å². The van der Waals surface area contributed by atoms with Crippen LogP contribution in [0.15, 0.2) is 12.1 Å². The van der Waals surface area contributed by atoms with E-state index in [0.29, 0.717) is 6.07 Å². The summed E-state index contributed by atoms with van der Waals surface area (Å²) in [7, 11) is 0. The maximum Gasteiger partial charge on any atom is 0.415 e. The van der Waals surface area contributed by atoms with Crippen molar-refractivity contribution >= 4 is 17.5 Å². The number of nitro groups is 1. The van der Waals surface area contributed by atoms with Gasteiger partial charge in [0, 0.05) is 18.7 Å². The van der Waals surface area contributed by atoms with Crippen LogP contribution in [0.5, 0.6) is 0 Å². The molecule has 116 valence electrons. The molecule has 21 heavy (non-hydrogen) atoms. The quantitative estimate of drug-likeness (QED) is 0.631. The number of hydrogen-bond donors (Lipinski definition) is 0. The van der Waals surface area contributed by atoms with E-state index in [9.17, 15) is 23.7 Å². The first-order valence-corrected chi connectivity index (χ1v) is 6.20. The lowest BCUT2D eigenvalue weighted by Crippen LogP contribution is -2.37. The molecule has 1 aromatic carbocycles. The molecule has 1 aromatic rings. The van der Waals surface area contributed by atoms with Gasteiger partial charge in [-0.1, -0.05) is 0 Å². The molecule has 6 nitrogen and oxygen atoms in total. The second-order valence-electron chi connectivity index (χ2n) is 5.24. The van der Waals surface area contributed by atoms with E-state index in [1.807, 2.05) is 0 Å². The van der Waals surface area contributed by atoms with E-state index in [0.717, 1.165) is 11.0 Å². The fourth-order valence-corrected chi connectivity index (χ4v) is 1.65. The summed E-state index contributed by atoms with van der Waals surface area (Å²) in [6, 6.07) is 1.12. The molecule has 0 fully saturated rings. The van der Waals surface area contributed by atoms with Crippen LogP contribution in [0, 0.1) is 21.7 Å². The van der Waals surface area contributed by atoms with Crippen molar-refractivity contribution in [2.45, 2.75) is 33.3 Å². The van der Waals surface area contributed by atoms with Crippen LogP contribution in [0.25, 0.3) is 0 Å². The number of nitrogens with zero attached hydrogens (tertiary/aromatic N) is 2. The first-order valence-electron chi connectivity index (χ1n) is 6.20. The minimum absolute atomic E-state index is 0.0430. The van der Waals surface area contributed by atoms with Gasteiger partial charge in [0.05, 0.1) is 4.92 Å². The molecule has 8 heteroatoms. The Morgan fingerprint density at radius 3 is 2.38 bits per heavy atom. The Labute approximate surface area is 120 Å². The summed E-state index contributed by atoms with van der Waals surface area (Å²) in [6.45, 7) is 6.30. The van der Waals surface area contributed by atoms with Gasteiger partial charge in [-0.3, -0.25) is 15.0 Å². The molecule has 0 heterocycles. The van der Waals surface area contributed by atoms with E-state index in [1.54, 1.807) is 20.8 Å². The lowest BCUT2D eigenvalue weighted by Gasteiger charge is -2.26. The average Bonchev–Trinajstić information content (AvgIpc) is 2.25. The van der Waals surface area contributed by atoms with Crippen LogP contribution in [0.3, 0.4) is 0 Å². The minimum atomic E-state index is -1.35. The first-order chi connectivity index (χ1) is 9.56. The highest BCUT2D eigenvalue weighted by Crippen LogP contribution is 2.32. The number of benzene rings is 1. The Kier molecular flexibility index (Phi) is 4.82. The van der Waals surface area contributed by atoms with Gasteiger partial charge in [-0.15, -0.1) is 0 Å². The summed E-state index contributed by atoms with van der Waals surface area (Å²) in [6.07, 6.45) is -0.918. The number of amides is 1. The lowest BCUT2D eigenvalue weighted by molar-refractivity contribution is -0.386. The molecule has 0 bridgehead atoms. The van der Waals surface area contributed by atoms with E-state index in [1.165, 1.54) is 6.92 Å². The molecule has 0 atom stereocenters. The summed E-state index contributed by atoms with van der Waals surface area (Å²) >= 11 is 0. The van der Waals surface area contributed by atoms with E-state index in [4.69, 9.17) is 4.74 Å². The van der Waals surface area contributed by atoms with Gasteiger partial charge >= 0.3 is 11.8 Å². The van der Waals surface area contributed by atoms with Crippen molar-refractivity contribution < 1.29 is 23.2 Å². The van der Waals surface area contributed by atoms with Crippen molar-refractivity contribution in [2.24, 2.45) is 0 Å². The standard InChI is InChI=1S/C13H16F2N2O4/c1-5-16(12(18)21-13(2,3)4)10-7-8(14)6-9(15)11(10)17(19)20/h6-7H,5H2,1-4H3. The van der Waals surface area contributed by atoms with Gasteiger partial charge in [-0.2, -0.15) is 4.39 Å². The Morgan fingerprint density at radius 1 is 1.38 bits per heavy atom. The zero-order valence-electron chi connectivity index (χ0n) is 12.1. The molecular weight excluding hydrogens is 286 g/mol. The fourth-order valence-electron chi connectivity index (χ4n) is 1.65. The maximum absolute atomic E-state index is 13.6. The zero-order chi connectivity index (χ0) is 16.4. The van der Waals surface area contributed by atoms with Gasteiger partial charge in [0.1, 0.15) is 17.1 Å². The molecule has 0 aliphatic heterocycles. The van der Waals surface area contributed by atoms with E-state index in [-0.39, 0.29) is 6.54 Å². The van der Waals surface area contributed by atoms with Crippen LogP contribution >= 0.6 is 0 Å². The summed E-state index contributed by atoms with van der Waals surface area (Å²) < 4.78 is 32.0. The van der Waals surface area contributed by atoms with Crippen LogP contribution < -0.4 is 4.90 Å². The number of carbonyl (C=O) groups is 1. The van der Waals surface area contributed by atoms with Gasteiger partial charge in [0.15, 0.2) is 0 Å². The van der Waals surface area contributed by atoms with Crippen molar-refractivity contribution in [2.75, 3.05) is 11.4 Å². The molecule has 0 saturated carbocycles. The molecule has 0 radical (unpaired) electrons. The van der Waals surface area contributed by atoms with Crippen molar-refractivity contribution in [1.82, 2.24) is 0 Å². The van der Waals surface area contributed by atoms with Gasteiger partial charge in [0.25, 0.3) is 0 Å². The number of halogens is 2. The van der Waals surface area contributed by atoms with Crippen LogP contribution in [-0.4, -0.2) is 23.2 Å². The molecule has 1 amide bonds. The number of ether oxygens (including phenoxy) is 1. The molecule has 0 aromatic heterocycles. The van der Waals surface area contributed by atoms with E-state index in [2.05, 4.69) is 0 Å². The normalized spacial score (nSPS) is 11.1. The van der Waals surface area contributed by atoms with Gasteiger partial charge < -0.3 is 4.74 Å². The zero-order valence-corrected chi connectivity index (χ0v) is 12.1. The summed E-state index contributed by atoms with van der Waals surface area (Å²) in [5.74, 6) is -2.37. The Bertz CT molecular complexity index is 570. The molecule has 0 aliphatic rings. The predicted molar refractivity (Wildman–Crippen MR) is 72.3 cm³/mol. The van der Waals surface area contributed by atoms with E-state index < -0.39 is 39.6 Å². The van der Waals surface area contributed by atoms with Crippen LogP contribution in [0.1, 0.15) is 27.7 Å². The van der Waals surface area contributed by atoms with Crippen LogP contribution in [-0.2, 0) is 4.74 Å². The number of carbonyl (C=O) groups excluding carboxylic acids is 1. The van der Waals surface area contributed by atoms with E-state index >= 15 is 0 Å². The fraction of sp³-hybridized carbons (Fsp3) is 0.462. The predicted octanol–water partition coefficient (Wildman–Crippen LogP) is 3.63. The Morgan fingerprint density at radius 2 is 1.95 bits per heavy atom. The topological polar surface area (TPSA) is 72.7 Å². The summed E-state index contributed by atoms with van der Waals surface area (Å²) in [5.41, 5.74) is -2.29. The maximum atomic E-state index is 13.6. The number of anilines is 1. The molecule has 1 rings (SSSR count). The monoisotopic (exact) mass is 302 g/mol. The van der Waals surface area contributed by atoms with Crippen LogP contribution in [0.4, 0.5) is 25.0 Å². The first kappa shape index (κ1) is 16.8. The third-order valence-electron chi connectivity index (χ3n) is 2.41. The Balaban J connectivity index is 3.34. The third-order valence-corrected chi connectivity index (χ3v) is 2.41. The highest BCUT2D eigenvalue weighted by molar-refractivity contribution is 5.90. The van der Waals surface area contributed by atoms with Crippen molar-refractivity contribution in [3.63, 3.8) is 0 Å². The van der Waals surface area contributed by atoms with Crippen molar-refractivity contribution in [1.29, 1.82) is 0 Å². The largest absolute Gasteiger partial charge is 0.443 e. The summed E-state index contributed by atoms with van der Waals surface area (Å²) in [5, 5.41) is 10.9. The Hall–Kier alpha value is -2.25. The average molecular weight is 302 g/mol. The second kappa shape index (κ2) is 6.02. The SMILES string of the molecule is CCN(C(=O)OC(C)(C)C)c1cc(F)cc(F)c1[N+](=O)[O-]. The lowest BCUT2D eigenvalue weighted by atomic mass is 10.2. The number of rotatable bonds is 3. The van der Waals surface area contributed by atoms with Gasteiger partial charge in [-0.25, -0.2) is 9.18 Å². The molecule has 0 aliphatic carbocycles. The van der Waals surface area contributed by atoms with Crippen LogP contribution in [0.2, 0.25) is 0 Å². The second-order valence-corrected chi connectivity index (χ2v) is 5.24. The highest BCUT2D eigenvalue weighted by Gasteiger charge is 2.31. The summed E-state index contributed by atoms with van der Waals surface area (Å²) in [4.78, 5) is 22.8. The van der Waals surface area contributed by atoms with Crippen molar-refractivity contribution in [3.8, 4) is 0 Å². The smallest absolute Gasteiger partial charge is 0.415 e. The minimum Gasteiger partial charge on any atom is -0.443 e. The molecule has 0 spiro atoms. The van der Waals surface area contributed by atoms with Crippen molar-refractivity contribution in [3.05, 3.63) is 33.9 Å². The molecule has 0 saturated heterocycles. The molecular formula is C13H16F2N2O4.